The summed E-state index contributed by atoms with van der Waals surface area (Å²) in [6.07, 6.45) is 10.1. The van der Waals surface area contributed by atoms with Gasteiger partial charge in [-0.05, 0) is 69.5 Å². The van der Waals surface area contributed by atoms with Crippen LogP contribution in [-0.2, 0) is 0 Å². The molecule has 0 heterocycles. The zero-order valence-electron chi connectivity index (χ0n) is 14.9. The second-order valence-corrected chi connectivity index (χ2v) is 6.97. The first-order chi connectivity index (χ1) is 11.9. The first-order valence-corrected chi connectivity index (χ1v) is 8.91. The van der Waals surface area contributed by atoms with E-state index in [-0.39, 0.29) is 0 Å². The summed E-state index contributed by atoms with van der Waals surface area (Å²) in [7, 11) is 0. The molecule has 1 heteroatoms. The van der Waals surface area contributed by atoms with E-state index in [9.17, 15) is 0 Å². The maximum Gasteiger partial charge on any atom is 0.0103 e. The highest BCUT2D eigenvalue weighted by Crippen LogP contribution is 2.19. The van der Waals surface area contributed by atoms with E-state index >= 15 is 0 Å². The number of hydrogen-bond donors (Lipinski definition) is 0. The average molecular weight is 391 g/mol. The summed E-state index contributed by atoms with van der Waals surface area (Å²) in [5, 5.41) is 4.52. The third-order valence-corrected chi connectivity index (χ3v) is 4.48. The van der Waals surface area contributed by atoms with Crippen molar-refractivity contribution in [3.63, 3.8) is 0 Å². The number of allylic oxidation sites excluding steroid dienone is 6. The summed E-state index contributed by atoms with van der Waals surface area (Å²) in [6, 6.07) is 8.41. The van der Waals surface area contributed by atoms with Crippen molar-refractivity contribution in [3.05, 3.63) is 99.4 Å². The lowest BCUT2D eigenvalue weighted by Gasteiger charge is -2.10. The molecule has 0 radical (unpaired) electrons. The average Bonchev–Trinajstić information content (AvgIpc) is 2.60. The van der Waals surface area contributed by atoms with Gasteiger partial charge in [-0.3, -0.25) is 0 Å². The van der Waals surface area contributed by atoms with Crippen LogP contribution in [0.4, 0.5) is 0 Å². The zero-order chi connectivity index (χ0) is 18.6. The normalized spacial score (nSPS) is 12.4. The molecule has 0 nitrogen and oxygen atoms in total. The lowest BCUT2D eigenvalue weighted by molar-refractivity contribution is 1.39. The second-order valence-electron chi connectivity index (χ2n) is 5.95. The van der Waals surface area contributed by atoms with Crippen LogP contribution < -0.4 is 10.4 Å². The Morgan fingerprint density at radius 3 is 2.24 bits per heavy atom. The molecule has 0 atom stereocenters. The summed E-state index contributed by atoms with van der Waals surface area (Å²) in [5.41, 5.74) is 4.11. The maximum absolute atomic E-state index is 4.32. The van der Waals surface area contributed by atoms with Gasteiger partial charge in [0.15, 0.2) is 0 Å². The van der Waals surface area contributed by atoms with Crippen molar-refractivity contribution < 1.29 is 0 Å². The highest BCUT2D eigenvalue weighted by atomic mass is 79.9. The third kappa shape index (κ3) is 4.18. The molecule has 0 bridgehead atoms. The minimum atomic E-state index is 0.802. The fourth-order valence-electron chi connectivity index (χ4n) is 2.79. The maximum atomic E-state index is 4.32. The summed E-state index contributed by atoms with van der Waals surface area (Å²) in [6.45, 7) is 20.5. The van der Waals surface area contributed by atoms with E-state index in [0.717, 1.165) is 26.1 Å². The van der Waals surface area contributed by atoms with Crippen LogP contribution in [0.25, 0.3) is 29.5 Å². The van der Waals surface area contributed by atoms with Crippen LogP contribution >= 0.6 is 15.9 Å². The summed E-state index contributed by atoms with van der Waals surface area (Å²) < 4.78 is 0.802. The Labute approximate surface area is 158 Å². The predicted octanol–water partition coefficient (Wildman–Crippen LogP) is 5.95. The molecule has 0 saturated heterocycles. The van der Waals surface area contributed by atoms with Gasteiger partial charge in [0.25, 0.3) is 0 Å². The van der Waals surface area contributed by atoms with Crippen LogP contribution in [0.2, 0.25) is 0 Å². The van der Waals surface area contributed by atoms with E-state index in [1.807, 2.05) is 19.1 Å². The number of hydrogen-bond acceptors (Lipinski definition) is 0. The molecule has 2 aromatic carbocycles. The Morgan fingerprint density at radius 2 is 1.64 bits per heavy atom. The van der Waals surface area contributed by atoms with Crippen molar-refractivity contribution in [2.75, 3.05) is 0 Å². The van der Waals surface area contributed by atoms with Gasteiger partial charge in [0.05, 0.1) is 0 Å². The Kier molecular flexibility index (Phi) is 6.17. The van der Waals surface area contributed by atoms with Crippen LogP contribution in [0.5, 0.6) is 0 Å². The van der Waals surface area contributed by atoms with E-state index in [0.29, 0.717) is 0 Å². The molecular weight excluding hydrogens is 368 g/mol. The molecule has 0 amide bonds. The van der Waals surface area contributed by atoms with Crippen LogP contribution in [0.1, 0.15) is 18.1 Å². The Bertz CT molecular complexity index is 1030. The van der Waals surface area contributed by atoms with Gasteiger partial charge in [0, 0.05) is 4.48 Å². The lowest BCUT2D eigenvalue weighted by atomic mass is 9.94. The van der Waals surface area contributed by atoms with Gasteiger partial charge in [-0.15, -0.1) is 0 Å². The molecule has 0 spiro atoms. The summed E-state index contributed by atoms with van der Waals surface area (Å²) >= 11 is 3.32. The third-order valence-electron chi connectivity index (χ3n) is 4.22. The number of benzene rings is 2. The first kappa shape index (κ1) is 19.0. The topological polar surface area (TPSA) is 0 Å². The second kappa shape index (κ2) is 8.13. The summed E-state index contributed by atoms with van der Waals surface area (Å²) in [5.74, 6) is 0. The highest BCUT2D eigenvalue weighted by Gasteiger charge is 2.06. The summed E-state index contributed by atoms with van der Waals surface area (Å²) in [4.78, 5) is 0. The van der Waals surface area contributed by atoms with Crippen molar-refractivity contribution >= 4 is 45.4 Å². The smallest absolute Gasteiger partial charge is 0.0103 e. The van der Waals surface area contributed by atoms with Crippen molar-refractivity contribution in [1.29, 1.82) is 0 Å². The molecule has 0 N–H and O–H groups in total. The first-order valence-electron chi connectivity index (χ1n) is 8.12. The van der Waals surface area contributed by atoms with Crippen molar-refractivity contribution in [1.82, 2.24) is 0 Å². The molecule has 0 aliphatic carbocycles. The Hall–Kier alpha value is -2.38. The van der Waals surface area contributed by atoms with Crippen LogP contribution in [0.15, 0.2) is 77.9 Å². The molecule has 0 unspecified atom stereocenters. The van der Waals surface area contributed by atoms with Crippen LogP contribution in [0.3, 0.4) is 0 Å². The van der Waals surface area contributed by atoms with E-state index < -0.39 is 0 Å². The SMILES string of the molecule is C=C(Br)/C=C\C(=C)C(=C)/C=c1\c(=C)c(C)c(/C=C\C)c2ccccc12. The fraction of sp³-hybridized carbons (Fsp3) is 0.0833. The molecule has 0 aliphatic heterocycles. The van der Waals surface area contributed by atoms with Crippen molar-refractivity contribution in [2.45, 2.75) is 13.8 Å². The van der Waals surface area contributed by atoms with E-state index in [1.165, 1.54) is 21.9 Å². The highest BCUT2D eigenvalue weighted by molar-refractivity contribution is 9.11. The van der Waals surface area contributed by atoms with Crippen LogP contribution in [-0.4, -0.2) is 0 Å². The predicted molar refractivity (Wildman–Crippen MR) is 118 cm³/mol. The van der Waals surface area contributed by atoms with Gasteiger partial charge in [-0.1, -0.05) is 84.7 Å². The number of halogens is 1. The van der Waals surface area contributed by atoms with Crippen LogP contribution in [0, 0.1) is 6.92 Å². The minimum absolute atomic E-state index is 0.802. The molecule has 0 aromatic heterocycles. The quantitative estimate of drug-likeness (QED) is 0.553. The standard InChI is InChI=1S/C24H23Br/c1-7-10-21-19(5)20(6)24(23-12-9-8-11-22(21)23)15-17(3)16(2)13-14-18(4)25/h7-15H,2-4,6H2,1,5H3/b10-7-,14-13-,24-15+. The van der Waals surface area contributed by atoms with Gasteiger partial charge in [0.1, 0.15) is 0 Å². The van der Waals surface area contributed by atoms with E-state index in [1.54, 1.807) is 0 Å². The molecule has 0 saturated carbocycles. The van der Waals surface area contributed by atoms with Gasteiger partial charge in [-0.2, -0.15) is 0 Å². The van der Waals surface area contributed by atoms with Crippen molar-refractivity contribution in [2.24, 2.45) is 0 Å². The molecule has 0 aliphatic rings. The molecule has 0 fully saturated rings. The molecule has 25 heavy (non-hydrogen) atoms. The zero-order valence-corrected chi connectivity index (χ0v) is 16.5. The minimum Gasteiger partial charge on any atom is -0.0912 e. The molecule has 2 rings (SSSR count). The Balaban J connectivity index is 2.75. The number of fused-ring (bicyclic) bond motifs is 1. The molecular formula is C24H23Br. The molecule has 126 valence electrons. The lowest BCUT2D eigenvalue weighted by Crippen LogP contribution is -2.28. The molecule has 2 aromatic rings. The van der Waals surface area contributed by atoms with Gasteiger partial charge in [0.2, 0.25) is 0 Å². The fourth-order valence-corrected chi connectivity index (χ4v) is 2.93. The van der Waals surface area contributed by atoms with Gasteiger partial charge in [-0.25, -0.2) is 0 Å². The monoisotopic (exact) mass is 390 g/mol. The van der Waals surface area contributed by atoms with Gasteiger partial charge >= 0.3 is 0 Å². The largest absolute Gasteiger partial charge is 0.0912 e. The van der Waals surface area contributed by atoms with E-state index in [2.05, 4.69) is 91.7 Å². The van der Waals surface area contributed by atoms with Gasteiger partial charge < -0.3 is 0 Å². The Morgan fingerprint density at radius 1 is 1.00 bits per heavy atom. The van der Waals surface area contributed by atoms with E-state index in [4.69, 9.17) is 0 Å². The van der Waals surface area contributed by atoms with Crippen molar-refractivity contribution in [3.8, 4) is 0 Å². The number of rotatable bonds is 5.